The number of nitrogens with zero attached hydrogens (tertiary/aromatic N) is 1. The van der Waals surface area contributed by atoms with Gasteiger partial charge in [0.2, 0.25) is 11.8 Å². The number of piperazine rings is 1. The maximum absolute atomic E-state index is 13.5. The maximum Gasteiger partial charge on any atom is 0.254 e. The van der Waals surface area contributed by atoms with Crippen molar-refractivity contribution in [2.45, 2.75) is 6.92 Å². The first-order valence-corrected chi connectivity index (χ1v) is 5.56. The Kier molecular flexibility index (Phi) is 3.20. The van der Waals surface area contributed by atoms with Gasteiger partial charge in [-0.1, -0.05) is 0 Å². The van der Waals surface area contributed by atoms with E-state index in [0.29, 0.717) is 0 Å². The molecule has 0 unspecified atom stereocenters. The molecule has 0 saturated carbocycles. The van der Waals surface area contributed by atoms with Gasteiger partial charge in [-0.05, 0) is 19.1 Å². The molecule has 1 saturated heterocycles. The summed E-state index contributed by atoms with van der Waals surface area (Å²) in [5, 5.41) is 2.08. The molecule has 1 aliphatic heterocycles. The number of hydrogen-bond donors (Lipinski definition) is 2. The average molecular weight is 265 g/mol. The summed E-state index contributed by atoms with van der Waals surface area (Å²) in [5.41, 5.74) is 6.01. The van der Waals surface area contributed by atoms with Gasteiger partial charge in [-0.2, -0.15) is 0 Å². The highest BCUT2D eigenvalue weighted by Crippen LogP contribution is 2.19. The Labute approximate surface area is 108 Å². The molecule has 0 aromatic heterocycles. The lowest BCUT2D eigenvalue weighted by molar-refractivity contribution is -0.135. The molecule has 0 radical (unpaired) electrons. The Hall–Kier alpha value is -2.44. The van der Waals surface area contributed by atoms with E-state index in [1.54, 1.807) is 0 Å². The summed E-state index contributed by atoms with van der Waals surface area (Å²) < 4.78 is 13.5. The van der Waals surface area contributed by atoms with Crippen LogP contribution in [0.2, 0.25) is 0 Å². The van der Waals surface area contributed by atoms with Crippen molar-refractivity contribution >= 4 is 23.4 Å². The van der Waals surface area contributed by atoms with E-state index in [9.17, 15) is 18.8 Å². The lowest BCUT2D eigenvalue weighted by Crippen LogP contribution is -2.53. The zero-order valence-electron chi connectivity index (χ0n) is 10.2. The first kappa shape index (κ1) is 13.0. The second kappa shape index (κ2) is 4.68. The van der Waals surface area contributed by atoms with Crippen LogP contribution in [0.15, 0.2) is 12.1 Å². The van der Waals surface area contributed by atoms with E-state index in [-0.39, 0.29) is 29.9 Å². The summed E-state index contributed by atoms with van der Waals surface area (Å²) in [5.74, 6) is -2.33. The van der Waals surface area contributed by atoms with E-state index < -0.39 is 23.5 Å². The fourth-order valence-corrected chi connectivity index (χ4v) is 1.79. The molecule has 100 valence electrons. The maximum atomic E-state index is 13.5. The third-order valence-electron chi connectivity index (χ3n) is 2.87. The van der Waals surface area contributed by atoms with Gasteiger partial charge in [0.1, 0.15) is 18.9 Å². The number of rotatable bonds is 1. The minimum absolute atomic E-state index is 0.0168. The number of nitrogens with one attached hydrogen (secondary N) is 1. The number of halogens is 1. The van der Waals surface area contributed by atoms with E-state index >= 15 is 0 Å². The molecule has 1 fully saturated rings. The van der Waals surface area contributed by atoms with E-state index in [2.05, 4.69) is 5.32 Å². The smallest absolute Gasteiger partial charge is 0.254 e. The Morgan fingerprint density at radius 1 is 1.32 bits per heavy atom. The van der Waals surface area contributed by atoms with Crippen LogP contribution >= 0.6 is 0 Å². The van der Waals surface area contributed by atoms with Crippen molar-refractivity contribution in [1.29, 1.82) is 0 Å². The number of benzene rings is 1. The predicted molar refractivity (Wildman–Crippen MR) is 64.6 cm³/mol. The van der Waals surface area contributed by atoms with Crippen LogP contribution in [-0.4, -0.2) is 35.7 Å². The summed E-state index contributed by atoms with van der Waals surface area (Å²) in [7, 11) is 0. The van der Waals surface area contributed by atoms with Crippen LogP contribution in [-0.2, 0) is 9.59 Å². The molecule has 19 heavy (non-hydrogen) atoms. The zero-order chi connectivity index (χ0) is 14.2. The SMILES string of the molecule is Cc1c(N)cc(C(=O)N2CC(=O)NC(=O)C2)cc1F. The number of carbonyl (C=O) groups is 3. The number of anilines is 1. The van der Waals surface area contributed by atoms with Crippen molar-refractivity contribution in [2.75, 3.05) is 18.8 Å². The molecule has 1 heterocycles. The van der Waals surface area contributed by atoms with Crippen LogP contribution in [0.5, 0.6) is 0 Å². The van der Waals surface area contributed by atoms with Crippen LogP contribution in [0.1, 0.15) is 15.9 Å². The van der Waals surface area contributed by atoms with Gasteiger partial charge in [0.05, 0.1) is 0 Å². The molecule has 0 atom stereocenters. The van der Waals surface area contributed by atoms with E-state index in [4.69, 9.17) is 5.73 Å². The number of nitrogens with two attached hydrogens (primary N) is 1. The minimum Gasteiger partial charge on any atom is -0.398 e. The Morgan fingerprint density at radius 2 is 1.89 bits per heavy atom. The molecule has 1 aromatic rings. The normalized spacial score (nSPS) is 15.4. The zero-order valence-corrected chi connectivity index (χ0v) is 10.2. The summed E-state index contributed by atoms with van der Waals surface area (Å²) >= 11 is 0. The molecule has 3 amide bonds. The second-order valence-electron chi connectivity index (χ2n) is 4.30. The van der Waals surface area contributed by atoms with Gasteiger partial charge in [-0.25, -0.2) is 4.39 Å². The molecular weight excluding hydrogens is 253 g/mol. The van der Waals surface area contributed by atoms with Crippen LogP contribution in [0.4, 0.5) is 10.1 Å². The second-order valence-corrected chi connectivity index (χ2v) is 4.30. The summed E-state index contributed by atoms with van der Waals surface area (Å²) in [4.78, 5) is 35.5. The quantitative estimate of drug-likeness (QED) is 0.544. The van der Waals surface area contributed by atoms with E-state index in [1.807, 2.05) is 0 Å². The third kappa shape index (κ3) is 2.54. The Bertz CT molecular complexity index is 547. The number of nitrogen functional groups attached to an aromatic ring is 1. The van der Waals surface area contributed by atoms with Crippen molar-refractivity contribution in [3.8, 4) is 0 Å². The molecule has 1 aromatic carbocycles. The molecule has 1 aliphatic rings. The van der Waals surface area contributed by atoms with Crippen molar-refractivity contribution < 1.29 is 18.8 Å². The van der Waals surface area contributed by atoms with Crippen LogP contribution in [0.3, 0.4) is 0 Å². The Morgan fingerprint density at radius 3 is 2.42 bits per heavy atom. The fraction of sp³-hybridized carbons (Fsp3) is 0.250. The topological polar surface area (TPSA) is 92.5 Å². The van der Waals surface area contributed by atoms with E-state index in [1.165, 1.54) is 13.0 Å². The molecule has 7 heteroatoms. The van der Waals surface area contributed by atoms with Gasteiger partial charge >= 0.3 is 0 Å². The largest absolute Gasteiger partial charge is 0.398 e. The molecular formula is C12H12FN3O3. The number of imide groups is 1. The molecule has 2 rings (SSSR count). The standard InChI is InChI=1S/C12H12FN3O3/c1-6-8(13)2-7(3-9(6)14)12(19)16-4-10(17)15-11(18)5-16/h2-3H,4-5,14H2,1H3,(H,15,17,18). The van der Waals surface area contributed by atoms with Gasteiger partial charge < -0.3 is 10.6 Å². The lowest BCUT2D eigenvalue weighted by Gasteiger charge is -2.25. The van der Waals surface area contributed by atoms with E-state index in [0.717, 1.165) is 11.0 Å². The van der Waals surface area contributed by atoms with Gasteiger partial charge in [-0.3, -0.25) is 19.7 Å². The van der Waals surface area contributed by atoms with Gasteiger partial charge in [0.25, 0.3) is 5.91 Å². The van der Waals surface area contributed by atoms with Crippen molar-refractivity contribution in [3.63, 3.8) is 0 Å². The van der Waals surface area contributed by atoms with Crippen molar-refractivity contribution in [1.82, 2.24) is 10.2 Å². The highest BCUT2D eigenvalue weighted by molar-refractivity contribution is 6.06. The predicted octanol–water partition coefficient (Wildman–Crippen LogP) is -0.185. The summed E-state index contributed by atoms with van der Waals surface area (Å²) in [6.07, 6.45) is 0. The number of amides is 3. The van der Waals surface area contributed by atoms with Crippen LogP contribution in [0, 0.1) is 12.7 Å². The first-order chi connectivity index (χ1) is 8.88. The molecule has 3 N–H and O–H groups in total. The van der Waals surface area contributed by atoms with Crippen molar-refractivity contribution in [2.24, 2.45) is 0 Å². The molecule has 0 spiro atoms. The van der Waals surface area contributed by atoms with Gasteiger partial charge in [-0.15, -0.1) is 0 Å². The number of carbonyl (C=O) groups excluding carboxylic acids is 3. The molecule has 0 aliphatic carbocycles. The number of hydrogen-bond acceptors (Lipinski definition) is 4. The lowest BCUT2D eigenvalue weighted by atomic mass is 10.1. The highest BCUT2D eigenvalue weighted by Gasteiger charge is 2.27. The summed E-state index contributed by atoms with van der Waals surface area (Å²) in [6, 6.07) is 2.38. The summed E-state index contributed by atoms with van der Waals surface area (Å²) in [6.45, 7) is 1.02. The monoisotopic (exact) mass is 265 g/mol. The van der Waals surface area contributed by atoms with Crippen LogP contribution in [0.25, 0.3) is 0 Å². The van der Waals surface area contributed by atoms with Crippen molar-refractivity contribution in [3.05, 3.63) is 29.1 Å². The highest BCUT2D eigenvalue weighted by atomic mass is 19.1. The molecule has 0 bridgehead atoms. The van der Waals surface area contributed by atoms with Gasteiger partial charge in [0, 0.05) is 16.8 Å². The average Bonchev–Trinajstić information content (AvgIpc) is 2.33. The first-order valence-electron chi connectivity index (χ1n) is 5.56. The third-order valence-corrected chi connectivity index (χ3v) is 2.87. The van der Waals surface area contributed by atoms with Gasteiger partial charge in [0.15, 0.2) is 0 Å². The minimum atomic E-state index is -0.603. The van der Waals surface area contributed by atoms with Crippen LogP contribution < -0.4 is 11.1 Å². The molecule has 6 nitrogen and oxygen atoms in total. The Balaban J connectivity index is 2.29. The fourth-order valence-electron chi connectivity index (χ4n) is 1.79.